The van der Waals surface area contributed by atoms with Crippen LogP contribution in [0.4, 0.5) is 0 Å². The predicted molar refractivity (Wildman–Crippen MR) is 92.2 cm³/mol. The quantitative estimate of drug-likeness (QED) is 0.669. The normalized spacial score (nSPS) is 19.9. The van der Waals surface area contributed by atoms with Gasteiger partial charge in [0, 0.05) is 12.0 Å². The molecule has 0 aliphatic carbocycles. The first-order chi connectivity index (χ1) is 10.7. The Balaban J connectivity index is 2.28. The Bertz CT molecular complexity index is 603. The summed E-state index contributed by atoms with van der Waals surface area (Å²) in [7, 11) is -0.587. The van der Waals surface area contributed by atoms with E-state index >= 15 is 0 Å². The highest BCUT2D eigenvalue weighted by atomic mass is 16.7. The van der Waals surface area contributed by atoms with E-state index in [2.05, 4.69) is 0 Å². The molecule has 0 aromatic heterocycles. The van der Waals surface area contributed by atoms with E-state index in [1.165, 1.54) is 0 Å². The Morgan fingerprint density at radius 2 is 1.83 bits per heavy atom. The summed E-state index contributed by atoms with van der Waals surface area (Å²) < 4.78 is 11.9. The summed E-state index contributed by atoms with van der Waals surface area (Å²) in [6.07, 6.45) is 2.30. The zero-order chi connectivity index (χ0) is 17.3. The molecular weight excluding hydrogens is 291 g/mol. The van der Waals surface area contributed by atoms with Crippen LogP contribution in [-0.4, -0.2) is 35.8 Å². The fourth-order valence-corrected chi connectivity index (χ4v) is 2.40. The molecule has 23 heavy (non-hydrogen) atoms. The fourth-order valence-electron chi connectivity index (χ4n) is 2.40. The van der Waals surface area contributed by atoms with Crippen molar-refractivity contribution in [3.05, 3.63) is 40.9 Å². The number of carbonyl (C=O) groups excluding carboxylic acids is 1. The van der Waals surface area contributed by atoms with E-state index < -0.39 is 18.3 Å². The lowest BCUT2D eigenvalue weighted by Gasteiger charge is -2.32. The molecule has 1 aliphatic heterocycles. The van der Waals surface area contributed by atoms with Crippen LogP contribution in [0.2, 0.25) is 0 Å². The highest BCUT2D eigenvalue weighted by Crippen LogP contribution is 2.38. The third-order valence-electron chi connectivity index (χ3n) is 4.62. The van der Waals surface area contributed by atoms with Gasteiger partial charge in [-0.25, -0.2) is 0 Å². The highest BCUT2D eigenvalue weighted by Gasteiger charge is 2.52. The first-order valence-corrected chi connectivity index (χ1v) is 8.00. The van der Waals surface area contributed by atoms with Gasteiger partial charge in [0.25, 0.3) is 0 Å². The topological polar surface area (TPSA) is 55.8 Å². The van der Waals surface area contributed by atoms with Gasteiger partial charge in [-0.2, -0.15) is 0 Å². The SMILES string of the molecule is CCC(=O)c1cccc(C=C(CO)B2OC(C)(C)C(C)(C)O2)c1. The van der Waals surface area contributed by atoms with Crippen LogP contribution in [-0.2, 0) is 9.31 Å². The van der Waals surface area contributed by atoms with Crippen LogP contribution in [0.5, 0.6) is 0 Å². The van der Waals surface area contributed by atoms with Crippen molar-refractivity contribution in [2.45, 2.75) is 52.2 Å². The molecule has 0 unspecified atom stereocenters. The predicted octanol–water partition coefficient (Wildman–Crippen LogP) is 3.29. The summed E-state index contributed by atoms with van der Waals surface area (Å²) in [4.78, 5) is 11.8. The van der Waals surface area contributed by atoms with Crippen molar-refractivity contribution in [1.29, 1.82) is 0 Å². The Morgan fingerprint density at radius 1 is 1.22 bits per heavy atom. The lowest BCUT2D eigenvalue weighted by molar-refractivity contribution is 0.00578. The minimum atomic E-state index is -0.587. The van der Waals surface area contributed by atoms with E-state index in [1.807, 2.05) is 58.9 Å². The number of hydrogen-bond donors (Lipinski definition) is 1. The zero-order valence-corrected chi connectivity index (χ0v) is 14.6. The molecule has 0 spiro atoms. The Morgan fingerprint density at radius 3 is 2.35 bits per heavy atom. The number of aliphatic hydroxyl groups is 1. The number of aliphatic hydroxyl groups excluding tert-OH is 1. The minimum Gasteiger partial charge on any atom is -0.400 e. The van der Waals surface area contributed by atoms with Gasteiger partial charge in [-0.05, 0) is 44.8 Å². The lowest BCUT2D eigenvalue weighted by Crippen LogP contribution is -2.41. The molecule has 2 rings (SSSR count). The molecule has 1 aliphatic rings. The average Bonchev–Trinajstić information content (AvgIpc) is 2.72. The molecule has 5 heteroatoms. The van der Waals surface area contributed by atoms with E-state index in [0.29, 0.717) is 17.5 Å². The second kappa shape index (κ2) is 6.60. The van der Waals surface area contributed by atoms with E-state index in [4.69, 9.17) is 9.31 Å². The number of Topliss-reactive ketones (excluding diaryl/α,β-unsaturated/α-hetero) is 1. The van der Waals surface area contributed by atoms with Gasteiger partial charge in [0.15, 0.2) is 5.78 Å². The molecule has 0 saturated carbocycles. The van der Waals surface area contributed by atoms with Gasteiger partial charge in [-0.15, -0.1) is 0 Å². The standard InChI is InChI=1S/C18H25BO4/c1-6-16(21)14-9-7-8-13(10-14)11-15(12-20)19-22-17(2,3)18(4,5)23-19/h7-11,20H,6,12H2,1-5H3. The largest absolute Gasteiger partial charge is 0.492 e. The van der Waals surface area contributed by atoms with Crippen molar-refractivity contribution >= 4 is 19.0 Å². The third-order valence-corrected chi connectivity index (χ3v) is 4.62. The van der Waals surface area contributed by atoms with Crippen LogP contribution in [0, 0.1) is 0 Å². The van der Waals surface area contributed by atoms with E-state index in [-0.39, 0.29) is 12.4 Å². The molecule has 1 saturated heterocycles. The monoisotopic (exact) mass is 316 g/mol. The van der Waals surface area contributed by atoms with Crippen LogP contribution >= 0.6 is 0 Å². The van der Waals surface area contributed by atoms with Gasteiger partial charge < -0.3 is 14.4 Å². The Hall–Kier alpha value is -1.43. The Labute approximate surface area is 138 Å². The number of carbonyl (C=O) groups is 1. The summed E-state index contributed by atoms with van der Waals surface area (Å²) in [6.45, 7) is 9.58. The summed E-state index contributed by atoms with van der Waals surface area (Å²) in [5.74, 6) is 0.0985. The zero-order valence-electron chi connectivity index (χ0n) is 14.6. The van der Waals surface area contributed by atoms with E-state index in [9.17, 15) is 9.90 Å². The second-order valence-electron chi connectivity index (χ2n) is 6.87. The summed E-state index contributed by atoms with van der Waals surface area (Å²) in [6, 6.07) is 7.37. The van der Waals surface area contributed by atoms with Gasteiger partial charge in [0.05, 0.1) is 17.8 Å². The molecule has 1 aromatic rings. The molecule has 1 N–H and O–H groups in total. The van der Waals surface area contributed by atoms with Gasteiger partial charge >= 0.3 is 7.12 Å². The van der Waals surface area contributed by atoms with Gasteiger partial charge in [0.1, 0.15) is 0 Å². The van der Waals surface area contributed by atoms with Crippen LogP contribution < -0.4 is 0 Å². The summed E-state index contributed by atoms with van der Waals surface area (Å²) >= 11 is 0. The smallest absolute Gasteiger partial charge is 0.400 e. The molecule has 124 valence electrons. The molecule has 0 bridgehead atoms. The first kappa shape index (κ1) is 17.9. The first-order valence-electron chi connectivity index (χ1n) is 8.00. The van der Waals surface area contributed by atoms with Crippen molar-refractivity contribution in [2.75, 3.05) is 6.61 Å². The number of hydrogen-bond acceptors (Lipinski definition) is 4. The summed E-state index contributed by atoms with van der Waals surface area (Å²) in [5, 5.41) is 9.72. The van der Waals surface area contributed by atoms with Crippen LogP contribution in [0.1, 0.15) is 57.0 Å². The van der Waals surface area contributed by atoms with Crippen molar-refractivity contribution in [1.82, 2.24) is 0 Å². The number of benzene rings is 1. The van der Waals surface area contributed by atoms with Crippen molar-refractivity contribution < 1.29 is 19.2 Å². The molecule has 0 amide bonds. The fraction of sp³-hybridized carbons (Fsp3) is 0.500. The van der Waals surface area contributed by atoms with Crippen molar-refractivity contribution in [2.24, 2.45) is 0 Å². The molecule has 4 nitrogen and oxygen atoms in total. The van der Waals surface area contributed by atoms with Gasteiger partial charge in [0.2, 0.25) is 0 Å². The number of ketones is 1. The molecular formula is C18H25BO4. The van der Waals surface area contributed by atoms with Crippen LogP contribution in [0.3, 0.4) is 0 Å². The second-order valence-corrected chi connectivity index (χ2v) is 6.87. The minimum absolute atomic E-state index is 0.0985. The molecule has 0 atom stereocenters. The Kier molecular flexibility index (Phi) is 5.14. The lowest BCUT2D eigenvalue weighted by atomic mass is 9.77. The maximum absolute atomic E-state index is 11.8. The highest BCUT2D eigenvalue weighted by molar-refractivity contribution is 6.55. The number of rotatable bonds is 5. The van der Waals surface area contributed by atoms with Crippen molar-refractivity contribution in [3.8, 4) is 0 Å². The van der Waals surface area contributed by atoms with Gasteiger partial charge in [-0.3, -0.25) is 4.79 Å². The van der Waals surface area contributed by atoms with Crippen LogP contribution in [0.15, 0.2) is 29.7 Å². The molecule has 1 aromatic carbocycles. The summed E-state index contributed by atoms with van der Waals surface area (Å²) in [5.41, 5.74) is 1.26. The van der Waals surface area contributed by atoms with E-state index in [0.717, 1.165) is 5.56 Å². The average molecular weight is 316 g/mol. The van der Waals surface area contributed by atoms with E-state index in [1.54, 1.807) is 6.07 Å². The molecule has 1 fully saturated rings. The van der Waals surface area contributed by atoms with Gasteiger partial charge in [-0.1, -0.05) is 31.2 Å². The van der Waals surface area contributed by atoms with Crippen molar-refractivity contribution in [3.63, 3.8) is 0 Å². The molecule has 1 heterocycles. The third kappa shape index (κ3) is 3.74. The maximum atomic E-state index is 11.8. The maximum Gasteiger partial charge on any atom is 0.492 e. The molecule has 0 radical (unpaired) electrons. The van der Waals surface area contributed by atoms with Crippen LogP contribution in [0.25, 0.3) is 6.08 Å².